The molecule has 1 amide bonds. The van der Waals surface area contributed by atoms with Gasteiger partial charge in [0.05, 0.1) is 24.0 Å². The van der Waals surface area contributed by atoms with Crippen molar-refractivity contribution in [1.82, 2.24) is 0 Å². The maximum Gasteiger partial charge on any atom is 0.259 e. The second kappa shape index (κ2) is 11.2. The summed E-state index contributed by atoms with van der Waals surface area (Å²) in [5, 5.41) is 2.97. The number of amides is 1. The lowest BCUT2D eigenvalue weighted by atomic mass is 10.1. The van der Waals surface area contributed by atoms with Crippen LogP contribution in [0.1, 0.15) is 28.8 Å². The van der Waals surface area contributed by atoms with Crippen molar-refractivity contribution in [1.29, 1.82) is 0 Å². The smallest absolute Gasteiger partial charge is 0.259 e. The second-order valence-electron chi connectivity index (χ2n) is 7.62. The minimum Gasteiger partial charge on any atom is -0.492 e. The lowest BCUT2D eigenvalue weighted by molar-refractivity contribution is 0.0682. The molecule has 0 saturated carbocycles. The summed E-state index contributed by atoms with van der Waals surface area (Å²) in [6, 6.07) is 23.0. The van der Waals surface area contributed by atoms with Gasteiger partial charge >= 0.3 is 0 Å². The molecule has 0 spiro atoms. The third kappa shape index (κ3) is 6.11. The first kappa shape index (κ1) is 22.4. The molecule has 1 N–H and O–H groups in total. The number of hydrogen-bond donors (Lipinski definition) is 1. The van der Waals surface area contributed by atoms with Gasteiger partial charge in [-0.15, -0.1) is 0 Å². The maximum absolute atomic E-state index is 13.1. The molecule has 1 atom stereocenters. The van der Waals surface area contributed by atoms with E-state index in [0.29, 0.717) is 36.0 Å². The molecule has 32 heavy (non-hydrogen) atoms. The van der Waals surface area contributed by atoms with Crippen molar-refractivity contribution in [2.24, 2.45) is 0 Å². The van der Waals surface area contributed by atoms with E-state index in [1.807, 2.05) is 54.6 Å². The third-order valence-corrected chi connectivity index (χ3v) is 5.75. The van der Waals surface area contributed by atoms with Crippen LogP contribution in [0.5, 0.6) is 11.5 Å². The van der Waals surface area contributed by atoms with E-state index in [-0.39, 0.29) is 12.0 Å². The monoisotopic (exact) mass is 495 g/mol. The molecular weight excluding hydrogens is 470 g/mol. The minimum absolute atomic E-state index is 0.105. The summed E-state index contributed by atoms with van der Waals surface area (Å²) in [6.45, 7) is 1.73. The first-order valence-electron chi connectivity index (χ1n) is 10.8. The third-order valence-electron chi connectivity index (χ3n) is 5.26. The summed E-state index contributed by atoms with van der Waals surface area (Å²) < 4.78 is 18.4. The van der Waals surface area contributed by atoms with Crippen LogP contribution in [0.4, 0.5) is 5.69 Å². The molecule has 1 fully saturated rings. The highest BCUT2D eigenvalue weighted by atomic mass is 79.9. The fourth-order valence-corrected chi connectivity index (χ4v) is 3.93. The van der Waals surface area contributed by atoms with E-state index in [9.17, 15) is 4.79 Å². The van der Waals surface area contributed by atoms with E-state index in [2.05, 4.69) is 33.4 Å². The zero-order chi connectivity index (χ0) is 22.2. The number of benzene rings is 3. The van der Waals surface area contributed by atoms with Crippen molar-refractivity contribution in [3.8, 4) is 11.5 Å². The summed E-state index contributed by atoms with van der Waals surface area (Å²) >= 11 is 3.46. The quantitative estimate of drug-likeness (QED) is 0.402. The van der Waals surface area contributed by atoms with Gasteiger partial charge in [0.15, 0.2) is 0 Å². The summed E-state index contributed by atoms with van der Waals surface area (Å²) in [7, 11) is 0. The number of rotatable bonds is 9. The Balaban J connectivity index is 1.43. The van der Waals surface area contributed by atoms with Gasteiger partial charge in [0.2, 0.25) is 0 Å². The lowest BCUT2D eigenvalue weighted by Crippen LogP contribution is -2.18. The van der Waals surface area contributed by atoms with Gasteiger partial charge in [-0.05, 0) is 48.7 Å². The van der Waals surface area contributed by atoms with E-state index in [1.165, 1.54) is 5.56 Å². The van der Waals surface area contributed by atoms with Crippen LogP contribution in [0.15, 0.2) is 77.3 Å². The predicted octanol–water partition coefficient (Wildman–Crippen LogP) is 5.88. The molecule has 1 saturated heterocycles. The van der Waals surface area contributed by atoms with E-state index in [0.717, 1.165) is 30.3 Å². The van der Waals surface area contributed by atoms with Gasteiger partial charge in [0, 0.05) is 17.5 Å². The van der Waals surface area contributed by atoms with Crippen molar-refractivity contribution < 1.29 is 19.0 Å². The molecule has 1 unspecified atom stereocenters. The fraction of sp³-hybridized carbons (Fsp3) is 0.269. The number of carbonyl (C=O) groups is 1. The van der Waals surface area contributed by atoms with Crippen molar-refractivity contribution in [3.05, 3.63) is 88.4 Å². The molecule has 1 aliphatic heterocycles. The highest BCUT2D eigenvalue weighted by Gasteiger charge is 2.18. The standard InChI is InChI=1S/C26H26BrNO4/c27-20-12-13-24(31-16-14-19-7-2-1-3-8-19)22(17-20)26(29)28-23-10-4-5-11-25(23)32-18-21-9-6-15-30-21/h1-5,7-8,10-13,17,21H,6,9,14-16,18H2,(H,28,29). The Kier molecular flexibility index (Phi) is 7.80. The molecule has 4 rings (SSSR count). The predicted molar refractivity (Wildman–Crippen MR) is 129 cm³/mol. The van der Waals surface area contributed by atoms with Crippen molar-refractivity contribution in [2.45, 2.75) is 25.4 Å². The summed E-state index contributed by atoms with van der Waals surface area (Å²) in [5.41, 5.74) is 2.26. The average Bonchev–Trinajstić information content (AvgIpc) is 3.34. The van der Waals surface area contributed by atoms with Gasteiger partial charge < -0.3 is 19.5 Å². The molecule has 166 valence electrons. The highest BCUT2D eigenvalue weighted by Crippen LogP contribution is 2.28. The number of anilines is 1. The first-order chi connectivity index (χ1) is 15.7. The molecule has 0 radical (unpaired) electrons. The van der Waals surface area contributed by atoms with E-state index >= 15 is 0 Å². The van der Waals surface area contributed by atoms with Crippen LogP contribution in [-0.4, -0.2) is 31.8 Å². The Morgan fingerprint density at radius 3 is 2.62 bits per heavy atom. The summed E-state index contributed by atoms with van der Waals surface area (Å²) in [5.74, 6) is 0.909. The normalized spacial score (nSPS) is 15.3. The first-order valence-corrected chi connectivity index (χ1v) is 11.6. The molecule has 3 aromatic carbocycles. The van der Waals surface area contributed by atoms with Gasteiger partial charge in [-0.1, -0.05) is 58.4 Å². The number of para-hydroxylation sites is 2. The SMILES string of the molecule is O=C(Nc1ccccc1OCC1CCCO1)c1cc(Br)ccc1OCCc1ccccc1. The molecule has 1 heterocycles. The molecule has 0 aliphatic carbocycles. The Morgan fingerprint density at radius 2 is 1.81 bits per heavy atom. The minimum atomic E-state index is -0.255. The number of nitrogens with one attached hydrogen (secondary N) is 1. The molecule has 3 aromatic rings. The van der Waals surface area contributed by atoms with Crippen molar-refractivity contribution in [3.63, 3.8) is 0 Å². The number of ether oxygens (including phenoxy) is 3. The number of carbonyl (C=O) groups excluding carboxylic acids is 1. The van der Waals surface area contributed by atoms with Crippen LogP contribution < -0.4 is 14.8 Å². The zero-order valence-corrected chi connectivity index (χ0v) is 19.3. The fourth-order valence-electron chi connectivity index (χ4n) is 3.57. The van der Waals surface area contributed by atoms with Gasteiger partial charge in [-0.3, -0.25) is 4.79 Å². The number of halogens is 1. The molecule has 5 nitrogen and oxygen atoms in total. The largest absolute Gasteiger partial charge is 0.492 e. The van der Waals surface area contributed by atoms with Crippen molar-refractivity contribution in [2.75, 3.05) is 25.1 Å². The Labute approximate surface area is 196 Å². The highest BCUT2D eigenvalue weighted by molar-refractivity contribution is 9.10. The van der Waals surface area contributed by atoms with Gasteiger partial charge in [0.1, 0.15) is 18.1 Å². The van der Waals surface area contributed by atoms with Crippen LogP contribution in [0, 0.1) is 0 Å². The van der Waals surface area contributed by atoms with Gasteiger partial charge in [-0.2, -0.15) is 0 Å². The Hall–Kier alpha value is -2.83. The van der Waals surface area contributed by atoms with Crippen molar-refractivity contribution >= 4 is 27.5 Å². The van der Waals surface area contributed by atoms with E-state index in [4.69, 9.17) is 14.2 Å². The molecule has 0 bridgehead atoms. The van der Waals surface area contributed by atoms with Crippen LogP contribution in [0.2, 0.25) is 0 Å². The molecular formula is C26H26BrNO4. The lowest BCUT2D eigenvalue weighted by Gasteiger charge is -2.16. The van der Waals surface area contributed by atoms with Crippen LogP contribution in [0.3, 0.4) is 0 Å². The maximum atomic E-state index is 13.1. The van der Waals surface area contributed by atoms with Crippen LogP contribution in [-0.2, 0) is 11.2 Å². The number of hydrogen-bond acceptors (Lipinski definition) is 4. The second-order valence-corrected chi connectivity index (χ2v) is 8.54. The Morgan fingerprint density at radius 1 is 1.00 bits per heavy atom. The van der Waals surface area contributed by atoms with E-state index < -0.39 is 0 Å². The summed E-state index contributed by atoms with van der Waals surface area (Å²) in [4.78, 5) is 13.1. The molecule has 0 aromatic heterocycles. The Bertz CT molecular complexity index is 1040. The molecule has 1 aliphatic rings. The van der Waals surface area contributed by atoms with Gasteiger partial charge in [0.25, 0.3) is 5.91 Å². The molecule has 6 heteroatoms. The summed E-state index contributed by atoms with van der Waals surface area (Å²) in [6.07, 6.45) is 2.92. The average molecular weight is 496 g/mol. The van der Waals surface area contributed by atoms with Crippen LogP contribution in [0.25, 0.3) is 0 Å². The topological polar surface area (TPSA) is 56.8 Å². The van der Waals surface area contributed by atoms with Crippen LogP contribution >= 0.6 is 15.9 Å². The van der Waals surface area contributed by atoms with Gasteiger partial charge in [-0.25, -0.2) is 0 Å². The zero-order valence-electron chi connectivity index (χ0n) is 17.8. The van der Waals surface area contributed by atoms with E-state index in [1.54, 1.807) is 6.07 Å².